The van der Waals surface area contributed by atoms with E-state index in [1.54, 1.807) is 50.2 Å². The Balaban J connectivity index is 1.68. The standard InChI is InChI=1S/C23H27N3O6S/c1-15(2)20(26-22(28)18-6-4-5-7-19(18)23(26)29)21(27)24-14-16-8-10-17(11-9-16)33(30,31)25-12-13-32-3/h4-11,15,20,25H,12-14H2,1-3H3,(H,24,27). The van der Waals surface area contributed by atoms with Gasteiger partial charge >= 0.3 is 0 Å². The lowest BCUT2D eigenvalue weighted by atomic mass is 10.0. The van der Waals surface area contributed by atoms with Crippen molar-refractivity contribution in [2.75, 3.05) is 20.3 Å². The molecule has 3 rings (SSSR count). The van der Waals surface area contributed by atoms with Gasteiger partial charge in [-0.2, -0.15) is 0 Å². The number of nitrogens with one attached hydrogen (secondary N) is 2. The molecule has 33 heavy (non-hydrogen) atoms. The van der Waals surface area contributed by atoms with Gasteiger partial charge in [-0.3, -0.25) is 19.3 Å². The summed E-state index contributed by atoms with van der Waals surface area (Å²) in [5.41, 5.74) is 1.25. The van der Waals surface area contributed by atoms with Crippen molar-refractivity contribution in [1.29, 1.82) is 0 Å². The number of hydrogen-bond donors (Lipinski definition) is 2. The SMILES string of the molecule is COCCNS(=O)(=O)c1ccc(CNC(=O)C(C(C)C)N2C(=O)c3ccccc3C2=O)cc1. The topological polar surface area (TPSA) is 122 Å². The first-order valence-corrected chi connectivity index (χ1v) is 12.0. The van der Waals surface area contributed by atoms with Gasteiger partial charge in [0.2, 0.25) is 15.9 Å². The van der Waals surface area contributed by atoms with Gasteiger partial charge in [0.25, 0.3) is 11.8 Å². The first-order valence-electron chi connectivity index (χ1n) is 10.5. The summed E-state index contributed by atoms with van der Waals surface area (Å²) in [7, 11) is -2.17. The van der Waals surface area contributed by atoms with E-state index < -0.39 is 33.8 Å². The number of sulfonamides is 1. The summed E-state index contributed by atoms with van der Waals surface area (Å²) in [6.07, 6.45) is 0. The molecule has 1 aliphatic heterocycles. The van der Waals surface area contributed by atoms with E-state index in [1.165, 1.54) is 19.2 Å². The minimum Gasteiger partial charge on any atom is -0.383 e. The second-order valence-corrected chi connectivity index (χ2v) is 9.73. The minimum absolute atomic E-state index is 0.0970. The maximum atomic E-state index is 13.0. The quantitative estimate of drug-likeness (QED) is 0.399. The number of carbonyl (C=O) groups is 3. The molecule has 3 amide bonds. The van der Waals surface area contributed by atoms with E-state index in [0.717, 1.165) is 4.90 Å². The molecule has 1 unspecified atom stereocenters. The van der Waals surface area contributed by atoms with Gasteiger partial charge in [0, 0.05) is 20.2 Å². The Morgan fingerprint density at radius 1 is 1.00 bits per heavy atom. The fourth-order valence-corrected chi connectivity index (χ4v) is 4.63. The van der Waals surface area contributed by atoms with Gasteiger partial charge in [-0.1, -0.05) is 38.1 Å². The van der Waals surface area contributed by atoms with Crippen LogP contribution in [0.3, 0.4) is 0 Å². The van der Waals surface area contributed by atoms with E-state index in [-0.39, 0.29) is 41.6 Å². The van der Waals surface area contributed by atoms with Gasteiger partial charge in [0.1, 0.15) is 6.04 Å². The molecule has 1 heterocycles. The Morgan fingerprint density at radius 2 is 1.58 bits per heavy atom. The van der Waals surface area contributed by atoms with Gasteiger partial charge in [-0.25, -0.2) is 13.1 Å². The van der Waals surface area contributed by atoms with Crippen molar-refractivity contribution in [1.82, 2.24) is 14.9 Å². The fraction of sp³-hybridized carbons (Fsp3) is 0.348. The largest absolute Gasteiger partial charge is 0.383 e. The number of rotatable bonds is 10. The molecule has 0 bridgehead atoms. The number of methoxy groups -OCH3 is 1. The third-order valence-corrected chi connectivity index (χ3v) is 6.78. The lowest BCUT2D eigenvalue weighted by molar-refractivity contribution is -0.126. The van der Waals surface area contributed by atoms with Crippen LogP contribution in [-0.2, 0) is 26.1 Å². The number of amides is 3. The monoisotopic (exact) mass is 473 g/mol. The summed E-state index contributed by atoms with van der Waals surface area (Å²) < 4.78 is 31.8. The van der Waals surface area contributed by atoms with Gasteiger partial charge in [-0.15, -0.1) is 0 Å². The third kappa shape index (κ3) is 5.29. The lowest BCUT2D eigenvalue weighted by Crippen LogP contribution is -2.52. The number of carbonyl (C=O) groups excluding carboxylic acids is 3. The van der Waals surface area contributed by atoms with Crippen LogP contribution in [0.1, 0.15) is 40.1 Å². The molecule has 0 aliphatic carbocycles. The summed E-state index contributed by atoms with van der Waals surface area (Å²) in [6, 6.07) is 11.6. The zero-order chi connectivity index (χ0) is 24.2. The van der Waals surface area contributed by atoms with Gasteiger partial charge < -0.3 is 10.1 Å². The van der Waals surface area contributed by atoms with Crippen LogP contribution in [0.2, 0.25) is 0 Å². The van der Waals surface area contributed by atoms with Crippen LogP contribution in [0.15, 0.2) is 53.4 Å². The number of ether oxygens (including phenoxy) is 1. The van der Waals surface area contributed by atoms with Crippen molar-refractivity contribution in [2.45, 2.75) is 31.3 Å². The number of benzene rings is 2. The molecule has 0 aromatic heterocycles. The number of nitrogens with zero attached hydrogens (tertiary/aromatic N) is 1. The highest BCUT2D eigenvalue weighted by molar-refractivity contribution is 7.89. The van der Waals surface area contributed by atoms with E-state index in [1.807, 2.05) is 0 Å². The van der Waals surface area contributed by atoms with Gasteiger partial charge in [0.15, 0.2) is 0 Å². The van der Waals surface area contributed by atoms with Crippen LogP contribution >= 0.6 is 0 Å². The minimum atomic E-state index is -3.65. The number of hydrogen-bond acceptors (Lipinski definition) is 6. The van der Waals surface area contributed by atoms with Crippen LogP contribution in [0, 0.1) is 5.92 Å². The van der Waals surface area contributed by atoms with E-state index in [4.69, 9.17) is 4.74 Å². The Hall–Kier alpha value is -3.08. The fourth-order valence-electron chi connectivity index (χ4n) is 3.62. The third-order valence-electron chi connectivity index (χ3n) is 5.30. The molecule has 10 heteroatoms. The molecular formula is C23H27N3O6S. The molecule has 2 aromatic carbocycles. The summed E-state index contributed by atoms with van der Waals surface area (Å²) in [6.45, 7) is 4.06. The Kier molecular flexibility index (Phi) is 7.62. The summed E-state index contributed by atoms with van der Waals surface area (Å²) >= 11 is 0. The molecule has 0 saturated heterocycles. The van der Waals surface area contributed by atoms with Crippen LogP contribution < -0.4 is 10.0 Å². The van der Waals surface area contributed by atoms with Crippen LogP contribution in [0.25, 0.3) is 0 Å². The van der Waals surface area contributed by atoms with Gasteiger partial charge in [0.05, 0.1) is 22.6 Å². The number of fused-ring (bicyclic) bond motifs is 1. The highest BCUT2D eigenvalue weighted by Crippen LogP contribution is 2.27. The van der Waals surface area contributed by atoms with Crippen molar-refractivity contribution in [3.05, 3.63) is 65.2 Å². The molecule has 0 saturated carbocycles. The normalized spacial score (nSPS) is 14.5. The van der Waals surface area contributed by atoms with Crippen molar-refractivity contribution in [3.63, 3.8) is 0 Å². The first kappa shape index (κ1) is 24.6. The molecule has 2 N–H and O–H groups in total. The highest BCUT2D eigenvalue weighted by atomic mass is 32.2. The average Bonchev–Trinajstić information content (AvgIpc) is 3.03. The van der Waals surface area contributed by atoms with Crippen molar-refractivity contribution in [3.8, 4) is 0 Å². The molecule has 1 aliphatic rings. The lowest BCUT2D eigenvalue weighted by Gasteiger charge is -2.28. The molecule has 1 atom stereocenters. The molecule has 2 aromatic rings. The van der Waals surface area contributed by atoms with Crippen LogP contribution in [0.4, 0.5) is 0 Å². The summed E-state index contributed by atoms with van der Waals surface area (Å²) in [5.74, 6) is -1.74. The van der Waals surface area contributed by atoms with Crippen molar-refractivity contribution >= 4 is 27.7 Å². The van der Waals surface area contributed by atoms with Crippen molar-refractivity contribution < 1.29 is 27.5 Å². The van der Waals surface area contributed by atoms with Crippen LogP contribution in [0.5, 0.6) is 0 Å². The Morgan fingerprint density at radius 3 is 2.09 bits per heavy atom. The first-order chi connectivity index (χ1) is 15.7. The van der Waals surface area contributed by atoms with E-state index in [0.29, 0.717) is 5.56 Å². The Bertz CT molecular complexity index is 1110. The zero-order valence-corrected chi connectivity index (χ0v) is 19.5. The molecule has 0 spiro atoms. The van der Waals surface area contributed by atoms with E-state index in [9.17, 15) is 22.8 Å². The maximum Gasteiger partial charge on any atom is 0.262 e. The molecule has 176 valence electrons. The smallest absolute Gasteiger partial charge is 0.262 e. The predicted octanol–water partition coefficient (Wildman–Crippen LogP) is 1.55. The molecule has 0 radical (unpaired) electrons. The zero-order valence-electron chi connectivity index (χ0n) is 18.7. The summed E-state index contributed by atoms with van der Waals surface area (Å²) in [5, 5.41) is 2.76. The second kappa shape index (κ2) is 10.2. The molecule has 0 fully saturated rings. The molecular weight excluding hydrogens is 446 g/mol. The Labute approximate surface area is 193 Å². The second-order valence-electron chi connectivity index (χ2n) is 7.97. The van der Waals surface area contributed by atoms with Crippen molar-refractivity contribution in [2.24, 2.45) is 5.92 Å². The van der Waals surface area contributed by atoms with E-state index >= 15 is 0 Å². The maximum absolute atomic E-state index is 13.0. The highest BCUT2D eigenvalue weighted by Gasteiger charge is 2.43. The summed E-state index contributed by atoms with van der Waals surface area (Å²) in [4.78, 5) is 39.7. The van der Waals surface area contributed by atoms with E-state index in [2.05, 4.69) is 10.0 Å². The molecule has 9 nitrogen and oxygen atoms in total. The number of imide groups is 1. The average molecular weight is 474 g/mol. The van der Waals surface area contributed by atoms with Crippen LogP contribution in [-0.4, -0.2) is 57.3 Å². The predicted molar refractivity (Wildman–Crippen MR) is 121 cm³/mol. The van der Waals surface area contributed by atoms with Gasteiger partial charge in [-0.05, 0) is 35.7 Å².